The molecule has 3 N–H and O–H groups in total. The zero-order chi connectivity index (χ0) is 19.3. The summed E-state index contributed by atoms with van der Waals surface area (Å²) in [6.07, 6.45) is 2.34. The molecular formula is C20H27N3O3S. The van der Waals surface area contributed by atoms with Gasteiger partial charge in [0.15, 0.2) is 0 Å². The van der Waals surface area contributed by atoms with Gasteiger partial charge >= 0.3 is 0 Å². The molecule has 3 rings (SSSR count). The third kappa shape index (κ3) is 5.06. The summed E-state index contributed by atoms with van der Waals surface area (Å²) in [6, 6.07) is 13.8. The van der Waals surface area contributed by atoms with Crippen LogP contribution in [0.5, 0.6) is 0 Å². The van der Waals surface area contributed by atoms with Crippen molar-refractivity contribution in [3.8, 4) is 0 Å². The van der Waals surface area contributed by atoms with E-state index in [0.717, 1.165) is 29.2 Å². The van der Waals surface area contributed by atoms with E-state index in [1.807, 2.05) is 42.5 Å². The van der Waals surface area contributed by atoms with E-state index in [4.69, 9.17) is 5.73 Å². The number of carbonyl (C=O) groups excluding carboxylic acids is 1. The molecule has 2 aromatic rings. The Bertz CT molecular complexity index is 892. The Morgan fingerprint density at radius 1 is 1.11 bits per heavy atom. The van der Waals surface area contributed by atoms with E-state index >= 15 is 0 Å². The van der Waals surface area contributed by atoms with Gasteiger partial charge in [-0.15, -0.1) is 0 Å². The lowest BCUT2D eigenvalue weighted by Gasteiger charge is -2.18. The van der Waals surface area contributed by atoms with Crippen LogP contribution in [0.3, 0.4) is 0 Å². The SMILES string of the molecule is NCC(NC(=O)CCCS(=O)(=O)N1CCCC1)c1ccc2ccccc2c1. The average Bonchev–Trinajstić information content (AvgIpc) is 3.21. The minimum Gasteiger partial charge on any atom is -0.348 e. The van der Waals surface area contributed by atoms with Gasteiger partial charge in [-0.2, -0.15) is 0 Å². The first kappa shape index (κ1) is 19.8. The molecule has 146 valence electrons. The van der Waals surface area contributed by atoms with Crippen LogP contribution in [0.1, 0.15) is 37.3 Å². The van der Waals surface area contributed by atoms with Gasteiger partial charge < -0.3 is 11.1 Å². The van der Waals surface area contributed by atoms with Gasteiger partial charge in [0.2, 0.25) is 15.9 Å². The summed E-state index contributed by atoms with van der Waals surface area (Å²) in [5.74, 6) is -0.154. The molecule has 1 aliphatic rings. The smallest absolute Gasteiger partial charge is 0.220 e. The molecule has 1 fully saturated rings. The van der Waals surface area contributed by atoms with Crippen LogP contribution in [0.15, 0.2) is 42.5 Å². The highest BCUT2D eigenvalue weighted by atomic mass is 32.2. The highest BCUT2D eigenvalue weighted by Crippen LogP contribution is 2.20. The van der Waals surface area contributed by atoms with E-state index in [0.29, 0.717) is 19.5 Å². The number of nitrogens with two attached hydrogens (primary N) is 1. The third-order valence-electron chi connectivity index (χ3n) is 5.01. The number of nitrogens with one attached hydrogen (secondary N) is 1. The van der Waals surface area contributed by atoms with Crippen LogP contribution in [0, 0.1) is 0 Å². The Labute approximate surface area is 160 Å². The van der Waals surface area contributed by atoms with Crippen molar-refractivity contribution in [2.75, 3.05) is 25.4 Å². The highest BCUT2D eigenvalue weighted by Gasteiger charge is 2.25. The van der Waals surface area contributed by atoms with Crippen molar-refractivity contribution in [2.24, 2.45) is 5.73 Å². The number of nitrogens with zero attached hydrogens (tertiary/aromatic N) is 1. The van der Waals surface area contributed by atoms with Crippen molar-refractivity contribution in [2.45, 2.75) is 31.7 Å². The van der Waals surface area contributed by atoms with Crippen LogP contribution >= 0.6 is 0 Å². The minimum absolute atomic E-state index is 0.0175. The zero-order valence-corrected chi connectivity index (χ0v) is 16.2. The number of carbonyl (C=O) groups is 1. The third-order valence-corrected chi connectivity index (χ3v) is 6.97. The summed E-state index contributed by atoms with van der Waals surface area (Å²) in [5, 5.41) is 5.16. The van der Waals surface area contributed by atoms with E-state index in [2.05, 4.69) is 5.32 Å². The molecule has 0 radical (unpaired) electrons. The van der Waals surface area contributed by atoms with Crippen LogP contribution < -0.4 is 11.1 Å². The van der Waals surface area contributed by atoms with E-state index in [1.165, 1.54) is 4.31 Å². The summed E-state index contributed by atoms with van der Waals surface area (Å²) >= 11 is 0. The fourth-order valence-corrected chi connectivity index (χ4v) is 5.06. The molecule has 2 aromatic carbocycles. The summed E-state index contributed by atoms with van der Waals surface area (Å²) in [6.45, 7) is 1.49. The molecule has 1 unspecified atom stereocenters. The van der Waals surface area contributed by atoms with Crippen molar-refractivity contribution in [1.29, 1.82) is 0 Å². The summed E-state index contributed by atoms with van der Waals surface area (Å²) in [4.78, 5) is 12.3. The first-order valence-corrected chi connectivity index (χ1v) is 11.1. The van der Waals surface area contributed by atoms with Gasteiger partial charge in [0, 0.05) is 26.1 Å². The maximum absolute atomic E-state index is 12.3. The summed E-state index contributed by atoms with van der Waals surface area (Å²) < 4.78 is 26.0. The van der Waals surface area contributed by atoms with Crippen molar-refractivity contribution < 1.29 is 13.2 Å². The van der Waals surface area contributed by atoms with Crippen molar-refractivity contribution in [3.63, 3.8) is 0 Å². The lowest BCUT2D eigenvalue weighted by molar-refractivity contribution is -0.121. The van der Waals surface area contributed by atoms with Gasteiger partial charge in [-0.3, -0.25) is 4.79 Å². The zero-order valence-electron chi connectivity index (χ0n) is 15.4. The average molecular weight is 390 g/mol. The van der Waals surface area contributed by atoms with Crippen LogP contribution in [0.2, 0.25) is 0 Å². The maximum Gasteiger partial charge on any atom is 0.220 e. The molecular weight excluding hydrogens is 362 g/mol. The number of hydrogen-bond acceptors (Lipinski definition) is 4. The first-order valence-electron chi connectivity index (χ1n) is 9.45. The Hall–Kier alpha value is -1.96. The molecule has 1 heterocycles. The molecule has 0 spiro atoms. The molecule has 0 saturated carbocycles. The summed E-state index contributed by atoms with van der Waals surface area (Å²) in [5.41, 5.74) is 6.81. The first-order chi connectivity index (χ1) is 13.0. The van der Waals surface area contributed by atoms with Gasteiger partial charge in [-0.05, 0) is 41.7 Å². The molecule has 1 atom stereocenters. The Kier molecular flexibility index (Phi) is 6.46. The lowest BCUT2D eigenvalue weighted by atomic mass is 10.0. The van der Waals surface area contributed by atoms with E-state index in [-0.39, 0.29) is 30.7 Å². The highest BCUT2D eigenvalue weighted by molar-refractivity contribution is 7.89. The molecule has 6 nitrogen and oxygen atoms in total. The largest absolute Gasteiger partial charge is 0.348 e. The van der Waals surface area contributed by atoms with Crippen LogP contribution in [0.25, 0.3) is 10.8 Å². The van der Waals surface area contributed by atoms with Crippen molar-refractivity contribution in [1.82, 2.24) is 9.62 Å². The predicted molar refractivity (Wildman–Crippen MR) is 108 cm³/mol. The second kappa shape index (κ2) is 8.82. The number of benzene rings is 2. The van der Waals surface area contributed by atoms with Gasteiger partial charge in [-0.1, -0.05) is 36.4 Å². The van der Waals surface area contributed by atoms with Gasteiger partial charge in [0.05, 0.1) is 11.8 Å². The second-order valence-corrected chi connectivity index (χ2v) is 9.08. The number of sulfonamides is 1. The van der Waals surface area contributed by atoms with Crippen LogP contribution in [0.4, 0.5) is 0 Å². The predicted octanol–water partition coefficient (Wildman–Crippen LogP) is 2.16. The molecule has 7 heteroatoms. The lowest BCUT2D eigenvalue weighted by Crippen LogP contribution is -2.34. The molecule has 1 aliphatic heterocycles. The second-order valence-electron chi connectivity index (χ2n) is 6.99. The molecule has 0 bridgehead atoms. The Balaban J connectivity index is 1.55. The molecule has 1 saturated heterocycles. The van der Waals surface area contributed by atoms with E-state index < -0.39 is 10.0 Å². The molecule has 1 amide bonds. The molecule has 27 heavy (non-hydrogen) atoms. The van der Waals surface area contributed by atoms with E-state index in [9.17, 15) is 13.2 Å². The van der Waals surface area contributed by atoms with Crippen LogP contribution in [-0.2, 0) is 14.8 Å². The quantitative estimate of drug-likeness (QED) is 0.724. The number of fused-ring (bicyclic) bond motifs is 1. The standard InChI is InChI=1S/C20H27N3O3S/c21-15-19(18-10-9-16-6-1-2-7-17(16)14-18)22-20(24)8-5-13-27(25,26)23-11-3-4-12-23/h1-2,6-7,9-10,14,19H,3-5,8,11-13,15,21H2,(H,22,24). The maximum atomic E-state index is 12.3. The fourth-order valence-electron chi connectivity index (χ4n) is 3.48. The van der Waals surface area contributed by atoms with Crippen LogP contribution in [-0.4, -0.2) is 44.0 Å². The van der Waals surface area contributed by atoms with Crippen molar-refractivity contribution >= 4 is 26.7 Å². The molecule has 0 aliphatic carbocycles. The van der Waals surface area contributed by atoms with Gasteiger partial charge in [-0.25, -0.2) is 12.7 Å². The Morgan fingerprint density at radius 2 is 1.81 bits per heavy atom. The number of hydrogen-bond donors (Lipinski definition) is 2. The fraction of sp³-hybridized carbons (Fsp3) is 0.450. The summed E-state index contributed by atoms with van der Waals surface area (Å²) in [7, 11) is -3.24. The topological polar surface area (TPSA) is 92.5 Å². The van der Waals surface area contributed by atoms with E-state index in [1.54, 1.807) is 0 Å². The van der Waals surface area contributed by atoms with Gasteiger partial charge in [0.1, 0.15) is 0 Å². The molecule has 0 aromatic heterocycles. The van der Waals surface area contributed by atoms with Crippen molar-refractivity contribution in [3.05, 3.63) is 48.0 Å². The normalized spacial score (nSPS) is 16.5. The van der Waals surface area contributed by atoms with Gasteiger partial charge in [0.25, 0.3) is 0 Å². The Morgan fingerprint density at radius 3 is 2.52 bits per heavy atom. The minimum atomic E-state index is -3.24. The monoisotopic (exact) mass is 389 g/mol. The number of amides is 1. The number of rotatable bonds is 8.